The molecule has 0 spiro atoms. The Morgan fingerprint density at radius 2 is 1.06 bits per heavy atom. The average Bonchev–Trinajstić information content (AvgIpc) is 2.38. The van der Waals surface area contributed by atoms with Crippen LogP contribution in [0.1, 0.15) is 0 Å². The molecule has 4 nitrogen and oxygen atoms in total. The van der Waals surface area contributed by atoms with E-state index in [-0.39, 0.29) is 0 Å². The van der Waals surface area contributed by atoms with E-state index >= 15 is 0 Å². The van der Waals surface area contributed by atoms with E-state index in [0.29, 0.717) is 21.4 Å². The van der Waals surface area contributed by atoms with Gasteiger partial charge >= 0.3 is 0 Å². The first-order chi connectivity index (χ1) is 8.58. The lowest BCUT2D eigenvalue weighted by Gasteiger charge is -2.06. The molecule has 0 fully saturated rings. The summed E-state index contributed by atoms with van der Waals surface area (Å²) in [6, 6.07) is 10.9. The Hall–Kier alpha value is -1.96. The van der Waals surface area contributed by atoms with E-state index in [1.165, 1.54) is 0 Å². The van der Waals surface area contributed by atoms with Crippen molar-refractivity contribution in [2.24, 2.45) is 0 Å². The van der Waals surface area contributed by atoms with Crippen LogP contribution < -0.4 is 11.5 Å². The molecule has 2 rings (SSSR count). The summed E-state index contributed by atoms with van der Waals surface area (Å²) >= 11 is 11.9. The van der Waals surface area contributed by atoms with Gasteiger partial charge in [0.1, 0.15) is 0 Å². The van der Waals surface area contributed by atoms with Crippen molar-refractivity contribution in [1.82, 2.24) is 0 Å². The summed E-state index contributed by atoms with van der Waals surface area (Å²) in [5, 5.41) is 13.1. The Labute approximate surface area is 115 Å². The van der Waals surface area contributed by atoms with Gasteiger partial charge in [-0.1, -0.05) is 35.3 Å². The second-order valence-corrected chi connectivity index (χ2v) is 4.29. The molecule has 6 heteroatoms. The van der Waals surface area contributed by atoms with Gasteiger partial charge in [-0.3, -0.25) is 0 Å². The summed E-state index contributed by atoms with van der Waals surface area (Å²) in [6.45, 7) is 0. The quantitative estimate of drug-likeness (QED) is 0.612. The first-order valence-electron chi connectivity index (χ1n) is 4.88. The molecule has 2 aromatic rings. The van der Waals surface area contributed by atoms with E-state index in [0.717, 1.165) is 11.1 Å². The molecule has 0 bridgehead atoms. The standard InChI is InChI=1S/C12H10Cl2N2.N2/c13-9-5-7(1-3-11(9)15)8-2-4-12(16)10(14)6-8;1-2/h1-6H,15-16H2;. The van der Waals surface area contributed by atoms with Gasteiger partial charge in [0.15, 0.2) is 0 Å². The summed E-state index contributed by atoms with van der Waals surface area (Å²) < 4.78 is 0. The zero-order chi connectivity index (χ0) is 13.7. The van der Waals surface area contributed by atoms with Crippen LogP contribution in [0.15, 0.2) is 36.4 Å². The smallest absolute Gasteiger partial charge is 0.0641 e. The molecule has 4 N–H and O–H groups in total. The van der Waals surface area contributed by atoms with Gasteiger partial charge < -0.3 is 11.5 Å². The molecular weight excluding hydrogens is 271 g/mol. The molecule has 0 aliphatic rings. The van der Waals surface area contributed by atoms with E-state index in [9.17, 15) is 0 Å². The zero-order valence-corrected chi connectivity index (χ0v) is 10.8. The lowest BCUT2D eigenvalue weighted by Crippen LogP contribution is -1.88. The number of nitrogens with zero attached hydrogens (tertiary/aromatic N) is 2. The fraction of sp³-hybridized carbons (Fsp3) is 0. The highest BCUT2D eigenvalue weighted by molar-refractivity contribution is 6.34. The van der Waals surface area contributed by atoms with Crippen LogP contribution in [-0.2, 0) is 0 Å². The maximum Gasteiger partial charge on any atom is 0.0641 e. The SMILES string of the molecule is N#N.Nc1ccc(-c2ccc(N)c(Cl)c2)cc1Cl. The van der Waals surface area contributed by atoms with E-state index in [4.69, 9.17) is 45.5 Å². The van der Waals surface area contributed by atoms with Crippen molar-refractivity contribution in [3.05, 3.63) is 46.4 Å². The lowest BCUT2D eigenvalue weighted by atomic mass is 10.1. The third-order valence-corrected chi connectivity index (χ3v) is 2.99. The average molecular weight is 281 g/mol. The number of hydrogen-bond donors (Lipinski definition) is 2. The van der Waals surface area contributed by atoms with Crippen LogP contribution in [0.25, 0.3) is 11.1 Å². The van der Waals surface area contributed by atoms with Gasteiger partial charge in [0.05, 0.1) is 21.4 Å². The molecule has 0 atom stereocenters. The third kappa shape index (κ3) is 3.04. The molecule has 0 aliphatic carbocycles. The Kier molecular flexibility index (Phi) is 4.78. The van der Waals surface area contributed by atoms with Crippen molar-refractivity contribution in [1.29, 1.82) is 10.8 Å². The molecule has 0 aliphatic heterocycles. The summed E-state index contributed by atoms with van der Waals surface area (Å²) in [7, 11) is 0. The van der Waals surface area contributed by atoms with Crippen LogP contribution in [0, 0.1) is 10.8 Å². The molecular formula is C12H10Cl2N4. The molecule has 92 valence electrons. The number of benzene rings is 2. The van der Waals surface area contributed by atoms with Crippen molar-refractivity contribution in [3.8, 4) is 11.1 Å². The molecule has 0 amide bonds. The molecule has 18 heavy (non-hydrogen) atoms. The zero-order valence-electron chi connectivity index (χ0n) is 9.27. The van der Waals surface area contributed by atoms with E-state index < -0.39 is 0 Å². The molecule has 0 saturated carbocycles. The van der Waals surface area contributed by atoms with Crippen molar-refractivity contribution in [3.63, 3.8) is 0 Å². The molecule has 2 aromatic carbocycles. The third-order valence-electron chi connectivity index (χ3n) is 2.33. The van der Waals surface area contributed by atoms with Crippen LogP contribution >= 0.6 is 23.2 Å². The Morgan fingerprint density at radius 1 is 0.722 bits per heavy atom. The lowest BCUT2D eigenvalue weighted by molar-refractivity contribution is 1.15. The van der Waals surface area contributed by atoms with Crippen LogP contribution in [0.4, 0.5) is 11.4 Å². The van der Waals surface area contributed by atoms with Gasteiger partial charge in [-0.2, -0.15) is 0 Å². The fourth-order valence-electron chi connectivity index (χ4n) is 1.41. The summed E-state index contributed by atoms with van der Waals surface area (Å²) in [4.78, 5) is 0. The highest BCUT2D eigenvalue weighted by Gasteiger charge is 2.03. The Balaban J connectivity index is 0.000000771. The van der Waals surface area contributed by atoms with Crippen molar-refractivity contribution >= 4 is 34.6 Å². The first-order valence-corrected chi connectivity index (χ1v) is 5.64. The minimum absolute atomic E-state index is 0.533. The number of nitrogen functional groups attached to an aromatic ring is 2. The second kappa shape index (κ2) is 6.10. The molecule has 0 unspecified atom stereocenters. The molecule has 0 aromatic heterocycles. The maximum absolute atomic E-state index is 6.00. The van der Waals surface area contributed by atoms with E-state index in [2.05, 4.69) is 0 Å². The predicted octanol–water partition coefficient (Wildman–Crippen LogP) is 3.85. The fourth-order valence-corrected chi connectivity index (χ4v) is 1.77. The van der Waals surface area contributed by atoms with Gasteiger partial charge in [0.2, 0.25) is 0 Å². The van der Waals surface area contributed by atoms with Gasteiger partial charge in [0, 0.05) is 10.8 Å². The van der Waals surface area contributed by atoms with Crippen molar-refractivity contribution < 1.29 is 0 Å². The van der Waals surface area contributed by atoms with Gasteiger partial charge in [-0.15, -0.1) is 0 Å². The summed E-state index contributed by atoms with van der Waals surface area (Å²) in [6.07, 6.45) is 0. The number of halogens is 2. The largest absolute Gasteiger partial charge is 0.398 e. The maximum atomic E-state index is 6.00. The van der Waals surface area contributed by atoms with Crippen LogP contribution in [0.5, 0.6) is 0 Å². The number of nitrogens with two attached hydrogens (primary N) is 2. The molecule has 0 saturated heterocycles. The second-order valence-electron chi connectivity index (χ2n) is 3.47. The summed E-state index contributed by atoms with van der Waals surface area (Å²) in [5.41, 5.74) is 14.3. The number of anilines is 2. The van der Waals surface area contributed by atoms with Crippen molar-refractivity contribution in [2.75, 3.05) is 11.5 Å². The van der Waals surface area contributed by atoms with Gasteiger partial charge in [-0.25, -0.2) is 0 Å². The molecule has 0 radical (unpaired) electrons. The predicted molar refractivity (Wildman–Crippen MR) is 74.2 cm³/mol. The molecule has 0 heterocycles. The van der Waals surface area contributed by atoms with Crippen LogP contribution in [-0.4, -0.2) is 0 Å². The highest BCUT2D eigenvalue weighted by Crippen LogP contribution is 2.30. The normalized spacial score (nSPS) is 9.33. The summed E-state index contributed by atoms with van der Waals surface area (Å²) in [5.74, 6) is 0. The van der Waals surface area contributed by atoms with E-state index in [1.807, 2.05) is 12.1 Å². The topological polar surface area (TPSA) is 99.6 Å². The number of rotatable bonds is 1. The van der Waals surface area contributed by atoms with Gasteiger partial charge in [-0.05, 0) is 35.4 Å². The minimum Gasteiger partial charge on any atom is -0.398 e. The van der Waals surface area contributed by atoms with Crippen LogP contribution in [0.2, 0.25) is 10.0 Å². The monoisotopic (exact) mass is 280 g/mol. The Morgan fingerprint density at radius 3 is 1.33 bits per heavy atom. The minimum atomic E-state index is 0.533. The Bertz CT molecular complexity index is 532. The first kappa shape index (κ1) is 14.1. The van der Waals surface area contributed by atoms with Gasteiger partial charge in [0.25, 0.3) is 0 Å². The highest BCUT2D eigenvalue weighted by atomic mass is 35.5. The van der Waals surface area contributed by atoms with Crippen molar-refractivity contribution in [2.45, 2.75) is 0 Å². The van der Waals surface area contributed by atoms with Crippen LogP contribution in [0.3, 0.4) is 0 Å². The number of hydrogen-bond acceptors (Lipinski definition) is 4. The van der Waals surface area contributed by atoms with E-state index in [1.54, 1.807) is 24.3 Å².